The molecule has 1 amide bonds. The van der Waals surface area contributed by atoms with Gasteiger partial charge in [-0.15, -0.1) is 0 Å². The Hall–Kier alpha value is -2.63. The molecule has 0 unspecified atom stereocenters. The number of rotatable bonds is 6. The number of aryl methyl sites for hydroxylation is 1. The summed E-state index contributed by atoms with van der Waals surface area (Å²) in [7, 11) is 0. The van der Waals surface area contributed by atoms with E-state index < -0.39 is 0 Å². The van der Waals surface area contributed by atoms with Crippen molar-refractivity contribution in [1.82, 2.24) is 15.3 Å². The number of carbonyl (C=O) groups excluding carboxylic acids is 1. The van der Waals surface area contributed by atoms with Gasteiger partial charge in [-0.3, -0.25) is 4.79 Å². The summed E-state index contributed by atoms with van der Waals surface area (Å²) in [5.74, 6) is 3.10. The van der Waals surface area contributed by atoms with E-state index in [0.717, 1.165) is 50.3 Å². The average molecular weight is 423 g/mol. The molecule has 1 aromatic carbocycles. The van der Waals surface area contributed by atoms with Gasteiger partial charge >= 0.3 is 0 Å². The lowest BCUT2D eigenvalue weighted by atomic mass is 9.85. The minimum Gasteiger partial charge on any atom is -0.439 e. The van der Waals surface area contributed by atoms with E-state index in [0.29, 0.717) is 17.8 Å². The number of hydrogen-bond donors (Lipinski definition) is 1. The van der Waals surface area contributed by atoms with Gasteiger partial charge in [-0.2, -0.15) is 0 Å². The van der Waals surface area contributed by atoms with Crippen LogP contribution >= 0.6 is 0 Å². The largest absolute Gasteiger partial charge is 0.439 e. The third kappa shape index (κ3) is 5.54. The fourth-order valence-electron chi connectivity index (χ4n) is 4.67. The van der Waals surface area contributed by atoms with Gasteiger partial charge in [0.15, 0.2) is 0 Å². The van der Waals surface area contributed by atoms with Gasteiger partial charge in [-0.1, -0.05) is 38.8 Å². The third-order valence-corrected chi connectivity index (χ3v) is 6.81. The van der Waals surface area contributed by atoms with Gasteiger partial charge in [-0.25, -0.2) is 9.97 Å². The zero-order valence-corrected chi connectivity index (χ0v) is 18.7. The summed E-state index contributed by atoms with van der Waals surface area (Å²) in [5, 5.41) is 3.33. The van der Waals surface area contributed by atoms with Crippen molar-refractivity contribution in [3.8, 4) is 11.6 Å². The Morgan fingerprint density at radius 3 is 2.55 bits per heavy atom. The van der Waals surface area contributed by atoms with E-state index >= 15 is 0 Å². The summed E-state index contributed by atoms with van der Waals surface area (Å²) >= 11 is 0. The lowest BCUT2D eigenvalue weighted by Crippen LogP contribution is -2.46. The lowest BCUT2D eigenvalue weighted by molar-refractivity contribution is -0.126. The van der Waals surface area contributed by atoms with Crippen LogP contribution in [0.1, 0.15) is 57.9 Å². The standard InChI is InChI=1S/C25H34N4O2/c1-3-19-8-10-21(11-9-19)31-24-16-23(26-17-27-24)29-14-12-20(13-15-29)25(30)28-22-7-5-4-6-18(22)2/h8-11,16-18,20,22H,3-7,12-15H2,1-2H3,(H,28,30)/t18-,22-/m0/s1. The molecular formula is C25H34N4O2. The highest BCUT2D eigenvalue weighted by Crippen LogP contribution is 2.28. The Balaban J connectivity index is 1.31. The van der Waals surface area contributed by atoms with E-state index in [1.54, 1.807) is 6.33 Å². The van der Waals surface area contributed by atoms with Crippen molar-refractivity contribution < 1.29 is 9.53 Å². The number of anilines is 1. The number of hydrogen-bond acceptors (Lipinski definition) is 5. The van der Waals surface area contributed by atoms with Gasteiger partial charge in [0, 0.05) is 31.1 Å². The smallest absolute Gasteiger partial charge is 0.224 e. The van der Waals surface area contributed by atoms with Crippen LogP contribution in [0.15, 0.2) is 36.7 Å². The second-order valence-corrected chi connectivity index (χ2v) is 8.95. The fourth-order valence-corrected chi connectivity index (χ4v) is 4.67. The molecule has 1 aliphatic carbocycles. The Morgan fingerprint density at radius 2 is 1.84 bits per heavy atom. The minimum absolute atomic E-state index is 0.0972. The van der Waals surface area contributed by atoms with Gasteiger partial charge in [0.1, 0.15) is 17.9 Å². The van der Waals surface area contributed by atoms with Gasteiger partial charge in [0.05, 0.1) is 0 Å². The van der Waals surface area contributed by atoms with Crippen LogP contribution in [-0.4, -0.2) is 35.0 Å². The third-order valence-electron chi connectivity index (χ3n) is 6.81. The van der Waals surface area contributed by atoms with E-state index in [2.05, 4.69) is 46.2 Å². The van der Waals surface area contributed by atoms with Gasteiger partial charge < -0.3 is 15.0 Å². The molecule has 4 rings (SSSR count). The maximum absolute atomic E-state index is 12.8. The van der Waals surface area contributed by atoms with Crippen LogP contribution in [0.25, 0.3) is 0 Å². The van der Waals surface area contributed by atoms with Crippen molar-refractivity contribution >= 4 is 11.7 Å². The zero-order chi connectivity index (χ0) is 21.6. The molecule has 2 aliphatic rings. The predicted molar refractivity (Wildman–Crippen MR) is 122 cm³/mol. The maximum atomic E-state index is 12.8. The highest BCUT2D eigenvalue weighted by Gasteiger charge is 2.29. The molecule has 2 atom stereocenters. The quantitative estimate of drug-likeness (QED) is 0.728. The van der Waals surface area contributed by atoms with E-state index in [1.165, 1.54) is 24.8 Å². The summed E-state index contributed by atoms with van der Waals surface area (Å²) in [6.07, 6.45) is 9.13. The molecule has 31 heavy (non-hydrogen) atoms. The molecule has 0 radical (unpaired) electrons. The van der Waals surface area contributed by atoms with Crippen molar-refractivity contribution in [2.75, 3.05) is 18.0 Å². The molecule has 6 heteroatoms. The molecule has 2 fully saturated rings. The van der Waals surface area contributed by atoms with Crippen LogP contribution in [0, 0.1) is 11.8 Å². The highest BCUT2D eigenvalue weighted by molar-refractivity contribution is 5.79. The summed E-state index contributed by atoms with van der Waals surface area (Å²) in [6, 6.07) is 10.3. The van der Waals surface area contributed by atoms with Crippen molar-refractivity contribution in [2.24, 2.45) is 11.8 Å². The highest BCUT2D eigenvalue weighted by atomic mass is 16.5. The van der Waals surface area contributed by atoms with Gasteiger partial charge in [-0.05, 0) is 55.7 Å². The Kier molecular flexibility index (Phi) is 7.05. The first-order valence-electron chi connectivity index (χ1n) is 11.8. The monoisotopic (exact) mass is 422 g/mol. The first-order valence-corrected chi connectivity index (χ1v) is 11.8. The topological polar surface area (TPSA) is 67.3 Å². The Bertz CT molecular complexity index is 862. The predicted octanol–water partition coefficient (Wildman–Crippen LogP) is 4.74. The Labute approximate surface area is 185 Å². The molecular weight excluding hydrogens is 388 g/mol. The molecule has 1 saturated heterocycles. The normalized spacial score (nSPS) is 22.2. The van der Waals surface area contributed by atoms with Crippen molar-refractivity contribution in [1.29, 1.82) is 0 Å². The van der Waals surface area contributed by atoms with E-state index in [-0.39, 0.29) is 11.8 Å². The molecule has 166 valence electrons. The van der Waals surface area contributed by atoms with Crippen LogP contribution in [-0.2, 0) is 11.2 Å². The van der Waals surface area contributed by atoms with E-state index in [1.807, 2.05) is 18.2 Å². The summed E-state index contributed by atoms with van der Waals surface area (Å²) in [6.45, 7) is 6.04. The van der Waals surface area contributed by atoms with Gasteiger partial charge in [0.2, 0.25) is 11.8 Å². The van der Waals surface area contributed by atoms with Crippen LogP contribution in [0.3, 0.4) is 0 Å². The fraction of sp³-hybridized carbons (Fsp3) is 0.560. The molecule has 0 spiro atoms. The van der Waals surface area contributed by atoms with Crippen molar-refractivity contribution in [2.45, 2.75) is 64.8 Å². The molecule has 1 aromatic heterocycles. The second-order valence-electron chi connectivity index (χ2n) is 8.95. The average Bonchev–Trinajstić information content (AvgIpc) is 2.81. The minimum atomic E-state index is 0.0972. The van der Waals surface area contributed by atoms with Crippen LogP contribution in [0.5, 0.6) is 11.6 Å². The summed E-state index contributed by atoms with van der Waals surface area (Å²) < 4.78 is 5.92. The number of ether oxygens (including phenoxy) is 1. The maximum Gasteiger partial charge on any atom is 0.224 e. The number of amides is 1. The lowest BCUT2D eigenvalue weighted by Gasteiger charge is -2.35. The molecule has 1 aliphatic heterocycles. The first-order chi connectivity index (χ1) is 15.1. The van der Waals surface area contributed by atoms with Crippen molar-refractivity contribution in [3.05, 3.63) is 42.2 Å². The van der Waals surface area contributed by atoms with Crippen molar-refractivity contribution in [3.63, 3.8) is 0 Å². The summed E-state index contributed by atoms with van der Waals surface area (Å²) in [4.78, 5) is 23.7. The Morgan fingerprint density at radius 1 is 1.10 bits per heavy atom. The second kappa shape index (κ2) is 10.1. The number of nitrogens with zero attached hydrogens (tertiary/aromatic N) is 3. The number of benzene rings is 1. The molecule has 2 aromatic rings. The molecule has 0 bridgehead atoms. The van der Waals surface area contributed by atoms with Crippen LogP contribution in [0.2, 0.25) is 0 Å². The number of nitrogens with one attached hydrogen (secondary N) is 1. The zero-order valence-electron chi connectivity index (χ0n) is 18.7. The molecule has 1 saturated carbocycles. The number of aromatic nitrogens is 2. The van der Waals surface area contributed by atoms with E-state index in [4.69, 9.17) is 4.74 Å². The number of carbonyl (C=O) groups is 1. The molecule has 2 heterocycles. The van der Waals surface area contributed by atoms with E-state index in [9.17, 15) is 4.79 Å². The molecule has 6 nitrogen and oxygen atoms in total. The SMILES string of the molecule is CCc1ccc(Oc2cc(N3CCC(C(=O)N[C@H]4CCCC[C@@H]4C)CC3)ncn2)cc1. The van der Waals surface area contributed by atoms with Crippen LogP contribution < -0.4 is 15.0 Å². The first kappa shape index (κ1) is 21.6. The molecule has 1 N–H and O–H groups in total. The summed E-state index contributed by atoms with van der Waals surface area (Å²) in [5.41, 5.74) is 1.28. The van der Waals surface area contributed by atoms with Crippen LogP contribution in [0.4, 0.5) is 5.82 Å². The number of piperidine rings is 1. The van der Waals surface area contributed by atoms with Gasteiger partial charge in [0.25, 0.3) is 0 Å².